The third-order valence-electron chi connectivity index (χ3n) is 4.40. The maximum atomic E-state index is 12.4. The number of hydrogen-bond donors (Lipinski definition) is 2. The Labute approximate surface area is 198 Å². The first-order valence-electron chi connectivity index (χ1n) is 9.33. The molecule has 0 aliphatic heterocycles. The molecule has 0 spiro atoms. The predicted molar refractivity (Wildman–Crippen MR) is 128 cm³/mol. The monoisotopic (exact) mass is 515 g/mol. The number of ether oxygens (including phenoxy) is 2. The van der Waals surface area contributed by atoms with Crippen LogP contribution in [0.3, 0.4) is 0 Å². The number of nitrogens with zero attached hydrogens (tertiary/aromatic N) is 1. The van der Waals surface area contributed by atoms with Gasteiger partial charge in [-0.2, -0.15) is 5.10 Å². The Morgan fingerprint density at radius 2 is 1.66 bits per heavy atom. The van der Waals surface area contributed by atoms with Crippen LogP contribution >= 0.6 is 27.5 Å². The van der Waals surface area contributed by atoms with E-state index < -0.39 is 5.91 Å². The zero-order valence-electron chi connectivity index (χ0n) is 17.2. The fourth-order valence-electron chi connectivity index (χ4n) is 2.76. The van der Waals surface area contributed by atoms with E-state index in [1.165, 1.54) is 13.3 Å². The lowest BCUT2D eigenvalue weighted by atomic mass is 10.1. The maximum absolute atomic E-state index is 12.4. The molecular weight excluding hydrogens is 498 g/mol. The molecule has 0 radical (unpaired) electrons. The summed E-state index contributed by atoms with van der Waals surface area (Å²) in [5, 5.41) is 7.10. The van der Waals surface area contributed by atoms with Gasteiger partial charge in [-0.05, 0) is 58.4 Å². The van der Waals surface area contributed by atoms with Crippen LogP contribution in [-0.4, -0.2) is 32.2 Å². The van der Waals surface area contributed by atoms with Crippen LogP contribution in [-0.2, 0) is 0 Å². The van der Waals surface area contributed by atoms with E-state index in [0.717, 1.165) is 4.47 Å². The number of methoxy groups -OCH3 is 2. The Hall–Kier alpha value is -3.36. The molecule has 2 amide bonds. The highest BCUT2D eigenvalue weighted by Crippen LogP contribution is 2.31. The molecule has 164 valence electrons. The number of anilines is 1. The molecule has 0 saturated heterocycles. The van der Waals surface area contributed by atoms with Crippen molar-refractivity contribution in [1.29, 1.82) is 0 Å². The van der Waals surface area contributed by atoms with Gasteiger partial charge in [-0.15, -0.1) is 0 Å². The van der Waals surface area contributed by atoms with Crippen molar-refractivity contribution in [3.8, 4) is 11.5 Å². The zero-order valence-corrected chi connectivity index (χ0v) is 19.5. The van der Waals surface area contributed by atoms with E-state index in [1.807, 2.05) is 0 Å². The Morgan fingerprint density at radius 3 is 2.31 bits per heavy atom. The lowest BCUT2D eigenvalue weighted by molar-refractivity contribution is 0.0954. The first kappa shape index (κ1) is 23.3. The first-order valence-corrected chi connectivity index (χ1v) is 10.5. The number of hydrogen-bond acceptors (Lipinski definition) is 5. The van der Waals surface area contributed by atoms with Crippen molar-refractivity contribution in [2.75, 3.05) is 19.5 Å². The van der Waals surface area contributed by atoms with Gasteiger partial charge in [0.15, 0.2) is 0 Å². The average Bonchev–Trinajstić information content (AvgIpc) is 2.80. The molecule has 2 N–H and O–H groups in total. The third-order valence-corrected chi connectivity index (χ3v) is 5.35. The molecule has 3 rings (SSSR count). The van der Waals surface area contributed by atoms with Crippen molar-refractivity contribution in [2.45, 2.75) is 0 Å². The van der Waals surface area contributed by atoms with Crippen molar-refractivity contribution < 1.29 is 19.1 Å². The third kappa shape index (κ3) is 5.66. The fraction of sp³-hybridized carbons (Fsp3) is 0.0870. The molecule has 0 aliphatic rings. The summed E-state index contributed by atoms with van der Waals surface area (Å²) in [4.78, 5) is 24.7. The van der Waals surface area contributed by atoms with Gasteiger partial charge < -0.3 is 14.8 Å². The van der Waals surface area contributed by atoms with Gasteiger partial charge in [-0.1, -0.05) is 23.7 Å². The van der Waals surface area contributed by atoms with Crippen LogP contribution in [0, 0.1) is 0 Å². The normalized spacial score (nSPS) is 10.6. The summed E-state index contributed by atoms with van der Waals surface area (Å²) < 4.78 is 11.3. The van der Waals surface area contributed by atoms with Gasteiger partial charge in [0.2, 0.25) is 0 Å². The lowest BCUT2D eigenvalue weighted by Crippen LogP contribution is -2.18. The quantitative estimate of drug-likeness (QED) is 0.336. The minimum absolute atomic E-state index is 0.336. The van der Waals surface area contributed by atoms with Crippen molar-refractivity contribution >= 4 is 51.2 Å². The molecule has 0 saturated carbocycles. The number of halogens is 2. The van der Waals surface area contributed by atoms with Gasteiger partial charge in [0, 0.05) is 22.9 Å². The van der Waals surface area contributed by atoms with Crippen LogP contribution in [0.4, 0.5) is 5.69 Å². The summed E-state index contributed by atoms with van der Waals surface area (Å²) in [6.07, 6.45) is 1.47. The standard InChI is InChI=1S/C23H19BrClN3O4/c1-31-20-12-21(32-2)18(24)11-15(20)13-26-28-22(29)14-7-9-16(10-8-14)27-23(30)17-5-3-4-6-19(17)25/h3-13H,1-2H3,(H,27,30)(H,28,29)/b26-13+. The Balaban J connectivity index is 1.63. The van der Waals surface area contributed by atoms with Crippen LogP contribution < -0.4 is 20.2 Å². The Morgan fingerprint density at radius 1 is 0.969 bits per heavy atom. The number of carbonyl (C=O) groups excluding carboxylic acids is 2. The summed E-state index contributed by atoms with van der Waals surface area (Å²) in [5.41, 5.74) is 4.39. The van der Waals surface area contributed by atoms with Crippen molar-refractivity contribution in [3.05, 3.63) is 86.8 Å². The van der Waals surface area contributed by atoms with Gasteiger partial charge in [0.05, 0.1) is 35.5 Å². The second-order valence-electron chi connectivity index (χ2n) is 6.44. The Bertz CT molecular complexity index is 1170. The molecule has 0 aliphatic carbocycles. The molecular formula is C23H19BrClN3O4. The number of hydrazone groups is 1. The van der Waals surface area contributed by atoms with Gasteiger partial charge in [-0.25, -0.2) is 5.43 Å². The second-order valence-corrected chi connectivity index (χ2v) is 7.70. The molecule has 9 heteroatoms. The minimum atomic E-state index is -0.406. The summed E-state index contributed by atoms with van der Waals surface area (Å²) in [7, 11) is 3.09. The molecule has 0 unspecified atom stereocenters. The second kappa shape index (κ2) is 10.8. The highest BCUT2D eigenvalue weighted by molar-refractivity contribution is 9.10. The molecule has 3 aromatic rings. The van der Waals surface area contributed by atoms with E-state index in [1.54, 1.807) is 67.8 Å². The molecule has 0 bridgehead atoms. The van der Waals surface area contributed by atoms with E-state index in [-0.39, 0.29) is 5.91 Å². The molecule has 7 nitrogen and oxygen atoms in total. The number of nitrogens with one attached hydrogen (secondary N) is 2. The topological polar surface area (TPSA) is 89.0 Å². The largest absolute Gasteiger partial charge is 0.496 e. The lowest BCUT2D eigenvalue weighted by Gasteiger charge is -2.09. The summed E-state index contributed by atoms with van der Waals surface area (Å²) in [6, 6.07) is 16.6. The van der Waals surface area contributed by atoms with Crippen LogP contribution in [0.15, 0.2) is 70.2 Å². The van der Waals surface area contributed by atoms with Crippen molar-refractivity contribution in [3.63, 3.8) is 0 Å². The molecule has 3 aromatic carbocycles. The summed E-state index contributed by atoms with van der Waals surface area (Å²) in [6.45, 7) is 0. The highest BCUT2D eigenvalue weighted by atomic mass is 79.9. The van der Waals surface area contributed by atoms with E-state index in [2.05, 4.69) is 31.8 Å². The van der Waals surface area contributed by atoms with E-state index in [0.29, 0.717) is 38.9 Å². The van der Waals surface area contributed by atoms with Gasteiger partial charge in [-0.3, -0.25) is 9.59 Å². The van der Waals surface area contributed by atoms with Crippen molar-refractivity contribution in [2.24, 2.45) is 5.10 Å². The summed E-state index contributed by atoms with van der Waals surface area (Å²) in [5.74, 6) is 0.417. The van der Waals surface area contributed by atoms with Gasteiger partial charge >= 0.3 is 0 Å². The van der Waals surface area contributed by atoms with Crippen LogP contribution in [0.25, 0.3) is 0 Å². The first-order chi connectivity index (χ1) is 15.4. The number of amides is 2. The van der Waals surface area contributed by atoms with Crippen molar-refractivity contribution in [1.82, 2.24) is 5.43 Å². The number of rotatable bonds is 7. The molecule has 0 aromatic heterocycles. The highest BCUT2D eigenvalue weighted by Gasteiger charge is 2.11. The average molecular weight is 517 g/mol. The predicted octanol–water partition coefficient (Wildman–Crippen LogP) is 5.14. The van der Waals surface area contributed by atoms with E-state index >= 15 is 0 Å². The molecule has 0 fully saturated rings. The maximum Gasteiger partial charge on any atom is 0.271 e. The van der Waals surface area contributed by atoms with Crippen LogP contribution in [0.5, 0.6) is 11.5 Å². The minimum Gasteiger partial charge on any atom is -0.496 e. The molecule has 0 atom stereocenters. The zero-order chi connectivity index (χ0) is 23.1. The molecule has 0 heterocycles. The number of benzene rings is 3. The van der Waals surface area contributed by atoms with Gasteiger partial charge in [0.1, 0.15) is 11.5 Å². The van der Waals surface area contributed by atoms with Crippen LogP contribution in [0.2, 0.25) is 5.02 Å². The smallest absolute Gasteiger partial charge is 0.271 e. The molecule has 32 heavy (non-hydrogen) atoms. The van der Waals surface area contributed by atoms with E-state index in [4.69, 9.17) is 21.1 Å². The SMILES string of the molecule is COc1cc(OC)c(/C=N/NC(=O)c2ccc(NC(=O)c3ccccc3Cl)cc2)cc1Br. The Kier molecular flexibility index (Phi) is 7.86. The fourth-order valence-corrected chi connectivity index (χ4v) is 3.50. The van der Waals surface area contributed by atoms with Crippen LogP contribution in [0.1, 0.15) is 26.3 Å². The van der Waals surface area contributed by atoms with Gasteiger partial charge in [0.25, 0.3) is 11.8 Å². The summed E-state index contributed by atoms with van der Waals surface area (Å²) >= 11 is 9.45. The number of carbonyl (C=O) groups is 2. The van der Waals surface area contributed by atoms with E-state index in [9.17, 15) is 9.59 Å².